The van der Waals surface area contributed by atoms with Crippen LogP contribution in [0.25, 0.3) is 0 Å². The summed E-state index contributed by atoms with van der Waals surface area (Å²) in [6.45, 7) is 0.765. The standard InChI is InChI=1S/C20H17ClN2O3S/c21-11-5-7-12(8-6-11)23-19(25)15-13-3-1-9-22(13)17(16(15)20(23)26)18(24)14-4-2-10-27-14/h2,4-8,10,13,15-17H,1,3,9H2/t13-,15+,16+,17-/m0/s1. The Hall–Kier alpha value is -2.02. The van der Waals surface area contributed by atoms with Gasteiger partial charge in [-0.2, -0.15) is 0 Å². The number of amides is 2. The van der Waals surface area contributed by atoms with Crippen LogP contribution in [-0.2, 0) is 9.59 Å². The number of benzene rings is 1. The number of thiophene rings is 1. The van der Waals surface area contributed by atoms with E-state index in [9.17, 15) is 14.4 Å². The van der Waals surface area contributed by atoms with Gasteiger partial charge in [0.2, 0.25) is 11.8 Å². The highest BCUT2D eigenvalue weighted by Gasteiger charge is 2.64. The number of ketones is 1. The molecule has 0 N–H and O–H groups in total. The number of hydrogen-bond acceptors (Lipinski definition) is 5. The molecule has 3 aliphatic heterocycles. The number of carbonyl (C=O) groups is 3. The Balaban J connectivity index is 1.56. The van der Waals surface area contributed by atoms with Gasteiger partial charge in [-0.15, -0.1) is 11.3 Å². The monoisotopic (exact) mass is 400 g/mol. The minimum Gasteiger partial charge on any atom is -0.291 e. The molecule has 2 amide bonds. The molecule has 0 saturated carbocycles. The second kappa shape index (κ2) is 6.26. The highest BCUT2D eigenvalue weighted by molar-refractivity contribution is 7.12. The summed E-state index contributed by atoms with van der Waals surface area (Å²) in [6, 6.07) is 9.76. The van der Waals surface area contributed by atoms with Crippen LogP contribution in [0.1, 0.15) is 22.5 Å². The van der Waals surface area contributed by atoms with Gasteiger partial charge in [-0.3, -0.25) is 19.3 Å². The highest BCUT2D eigenvalue weighted by atomic mass is 35.5. The molecular weight excluding hydrogens is 384 g/mol. The van der Waals surface area contributed by atoms with Crippen molar-refractivity contribution >= 4 is 46.2 Å². The van der Waals surface area contributed by atoms with E-state index in [-0.39, 0.29) is 23.6 Å². The van der Waals surface area contributed by atoms with Gasteiger partial charge in [0.05, 0.1) is 28.4 Å². The molecule has 3 fully saturated rings. The predicted molar refractivity (Wildman–Crippen MR) is 103 cm³/mol. The molecule has 0 spiro atoms. The predicted octanol–water partition coefficient (Wildman–Crippen LogP) is 3.24. The number of halogens is 1. The Kier molecular flexibility index (Phi) is 3.96. The Bertz CT molecular complexity index is 927. The molecule has 7 heteroatoms. The van der Waals surface area contributed by atoms with E-state index in [2.05, 4.69) is 4.90 Å². The molecule has 1 aromatic heterocycles. The molecule has 0 radical (unpaired) electrons. The summed E-state index contributed by atoms with van der Waals surface area (Å²) in [5.74, 6) is -1.54. The summed E-state index contributed by atoms with van der Waals surface area (Å²) in [7, 11) is 0. The molecule has 4 atom stereocenters. The molecule has 5 rings (SSSR count). The van der Waals surface area contributed by atoms with Crippen LogP contribution in [0.3, 0.4) is 0 Å². The third-order valence-electron chi connectivity index (χ3n) is 5.97. The number of Topliss-reactive ketones (excluding diaryl/α,β-unsaturated/α-hetero) is 1. The van der Waals surface area contributed by atoms with Crippen LogP contribution in [0.5, 0.6) is 0 Å². The van der Waals surface area contributed by atoms with Crippen molar-refractivity contribution in [3.05, 3.63) is 51.7 Å². The van der Waals surface area contributed by atoms with Crippen molar-refractivity contribution in [3.63, 3.8) is 0 Å². The van der Waals surface area contributed by atoms with Crippen molar-refractivity contribution in [2.45, 2.75) is 24.9 Å². The van der Waals surface area contributed by atoms with Gasteiger partial charge in [0, 0.05) is 11.1 Å². The van der Waals surface area contributed by atoms with Gasteiger partial charge in [-0.1, -0.05) is 17.7 Å². The van der Waals surface area contributed by atoms with Crippen LogP contribution in [-0.4, -0.2) is 41.1 Å². The summed E-state index contributed by atoms with van der Waals surface area (Å²) in [6.07, 6.45) is 1.80. The van der Waals surface area contributed by atoms with Crippen LogP contribution in [0.2, 0.25) is 5.02 Å². The smallest absolute Gasteiger partial charge is 0.239 e. The van der Waals surface area contributed by atoms with Crippen LogP contribution in [0.4, 0.5) is 5.69 Å². The molecule has 0 aliphatic carbocycles. The zero-order valence-corrected chi connectivity index (χ0v) is 15.9. The fraction of sp³-hybridized carbons (Fsp3) is 0.350. The molecule has 1 aromatic carbocycles. The number of anilines is 1. The van der Waals surface area contributed by atoms with Crippen LogP contribution < -0.4 is 4.90 Å². The SMILES string of the molecule is O=C(c1cccs1)[C@@H]1[C@@H]2C(=O)N(c3ccc(Cl)cc3)C(=O)[C@@H]2[C@@H]2CCCN12. The molecule has 3 saturated heterocycles. The van der Waals surface area contributed by atoms with Gasteiger partial charge < -0.3 is 0 Å². The van der Waals surface area contributed by atoms with Crippen molar-refractivity contribution in [3.8, 4) is 0 Å². The molecule has 4 heterocycles. The average molecular weight is 401 g/mol. The molecule has 0 bridgehead atoms. The van der Waals surface area contributed by atoms with E-state index in [0.29, 0.717) is 15.6 Å². The maximum absolute atomic E-state index is 13.3. The molecule has 138 valence electrons. The molecule has 3 aliphatic rings. The summed E-state index contributed by atoms with van der Waals surface area (Å²) >= 11 is 7.33. The fourth-order valence-corrected chi connectivity index (χ4v) is 5.75. The summed E-state index contributed by atoms with van der Waals surface area (Å²) in [5, 5.41) is 2.41. The second-order valence-electron chi connectivity index (χ2n) is 7.27. The quantitative estimate of drug-likeness (QED) is 0.586. The third-order valence-corrected chi connectivity index (χ3v) is 7.11. The number of nitrogens with zero attached hydrogens (tertiary/aromatic N) is 2. The Morgan fingerprint density at radius 1 is 1.07 bits per heavy atom. The Morgan fingerprint density at radius 3 is 2.52 bits per heavy atom. The molecule has 2 aromatic rings. The lowest BCUT2D eigenvalue weighted by Gasteiger charge is -2.27. The van der Waals surface area contributed by atoms with Gasteiger partial charge in [-0.25, -0.2) is 4.90 Å². The van der Waals surface area contributed by atoms with Crippen LogP contribution in [0, 0.1) is 11.8 Å². The second-order valence-corrected chi connectivity index (χ2v) is 8.66. The van der Waals surface area contributed by atoms with Gasteiger partial charge in [-0.05, 0) is 55.1 Å². The van der Waals surface area contributed by atoms with Gasteiger partial charge >= 0.3 is 0 Å². The highest BCUT2D eigenvalue weighted by Crippen LogP contribution is 2.48. The van der Waals surface area contributed by atoms with Gasteiger partial charge in [0.1, 0.15) is 0 Å². The molecular formula is C20H17ClN2O3S. The van der Waals surface area contributed by atoms with Gasteiger partial charge in [0.25, 0.3) is 0 Å². The van der Waals surface area contributed by atoms with Crippen molar-refractivity contribution in [2.75, 3.05) is 11.4 Å². The Labute approximate surface area is 165 Å². The first-order valence-corrected chi connectivity index (χ1v) is 10.3. The lowest BCUT2D eigenvalue weighted by atomic mass is 9.86. The number of carbonyl (C=O) groups excluding carboxylic acids is 3. The van der Waals surface area contributed by atoms with E-state index in [1.807, 2.05) is 11.4 Å². The third kappa shape index (κ3) is 2.43. The van der Waals surface area contributed by atoms with Gasteiger partial charge in [0.15, 0.2) is 5.78 Å². The van der Waals surface area contributed by atoms with Crippen molar-refractivity contribution in [1.82, 2.24) is 4.90 Å². The minimum atomic E-state index is -0.604. The lowest BCUT2D eigenvalue weighted by Crippen LogP contribution is -2.45. The first-order valence-electron chi connectivity index (χ1n) is 9.05. The van der Waals surface area contributed by atoms with E-state index in [4.69, 9.17) is 11.6 Å². The first-order chi connectivity index (χ1) is 13.1. The van der Waals surface area contributed by atoms with E-state index in [1.54, 1.807) is 30.3 Å². The summed E-state index contributed by atoms with van der Waals surface area (Å²) in [4.78, 5) is 43.7. The van der Waals surface area contributed by atoms with E-state index < -0.39 is 17.9 Å². The largest absolute Gasteiger partial charge is 0.291 e. The average Bonchev–Trinajstić information content (AvgIpc) is 3.41. The fourth-order valence-electron chi connectivity index (χ4n) is 4.92. The van der Waals surface area contributed by atoms with E-state index >= 15 is 0 Å². The number of imide groups is 1. The van der Waals surface area contributed by atoms with Crippen LogP contribution >= 0.6 is 22.9 Å². The topological polar surface area (TPSA) is 57.7 Å². The first kappa shape index (κ1) is 17.1. The van der Waals surface area contributed by atoms with Crippen molar-refractivity contribution < 1.29 is 14.4 Å². The van der Waals surface area contributed by atoms with E-state index in [0.717, 1.165) is 19.4 Å². The molecule has 27 heavy (non-hydrogen) atoms. The van der Waals surface area contributed by atoms with Crippen LogP contribution in [0.15, 0.2) is 41.8 Å². The maximum atomic E-state index is 13.3. The maximum Gasteiger partial charge on any atom is 0.239 e. The zero-order chi connectivity index (χ0) is 18.7. The Morgan fingerprint density at radius 2 is 1.81 bits per heavy atom. The zero-order valence-electron chi connectivity index (χ0n) is 14.4. The lowest BCUT2D eigenvalue weighted by molar-refractivity contribution is -0.123. The number of hydrogen-bond donors (Lipinski definition) is 0. The number of rotatable bonds is 3. The molecule has 0 unspecified atom stereocenters. The van der Waals surface area contributed by atoms with E-state index in [1.165, 1.54) is 16.2 Å². The normalized spacial score (nSPS) is 30.0. The molecule has 5 nitrogen and oxygen atoms in total. The number of fused-ring (bicyclic) bond motifs is 3. The minimum absolute atomic E-state index is 0.0299. The summed E-state index contributed by atoms with van der Waals surface area (Å²) < 4.78 is 0. The summed E-state index contributed by atoms with van der Waals surface area (Å²) in [5.41, 5.74) is 0.524. The van der Waals surface area contributed by atoms with Crippen molar-refractivity contribution in [2.24, 2.45) is 11.8 Å². The van der Waals surface area contributed by atoms with Crippen molar-refractivity contribution in [1.29, 1.82) is 0 Å².